The highest BCUT2D eigenvalue weighted by atomic mass is 14.9. The van der Waals surface area contributed by atoms with Crippen LogP contribution in [0.1, 0.15) is 52.9 Å². The van der Waals surface area contributed by atoms with Crippen molar-refractivity contribution in [1.29, 1.82) is 0 Å². The zero-order valence-corrected chi connectivity index (χ0v) is 9.47. The zero-order valence-electron chi connectivity index (χ0n) is 9.47. The third-order valence-electron chi connectivity index (χ3n) is 3.64. The van der Waals surface area contributed by atoms with E-state index in [0.29, 0.717) is 0 Å². The maximum atomic E-state index is 3.70. The van der Waals surface area contributed by atoms with E-state index in [2.05, 4.69) is 26.1 Å². The number of rotatable bonds is 4. The summed E-state index contributed by atoms with van der Waals surface area (Å²) >= 11 is 0. The largest absolute Gasteiger partial charge is 0.314 e. The highest BCUT2D eigenvalue weighted by Crippen LogP contribution is 2.29. The monoisotopic (exact) mass is 183 g/mol. The van der Waals surface area contributed by atoms with Crippen molar-refractivity contribution in [2.75, 3.05) is 6.54 Å². The van der Waals surface area contributed by atoms with Gasteiger partial charge in [0.15, 0.2) is 0 Å². The molecule has 1 aliphatic rings. The van der Waals surface area contributed by atoms with Crippen LogP contribution in [-0.4, -0.2) is 12.6 Å². The second kappa shape index (κ2) is 5.64. The molecule has 0 saturated heterocycles. The molecule has 0 radical (unpaired) electrons. The smallest absolute Gasteiger partial charge is 0.00952 e. The van der Waals surface area contributed by atoms with Crippen molar-refractivity contribution < 1.29 is 0 Å². The quantitative estimate of drug-likeness (QED) is 0.660. The molecule has 0 aromatic heterocycles. The molecule has 1 saturated carbocycles. The van der Waals surface area contributed by atoms with Crippen molar-refractivity contribution in [2.45, 2.75) is 58.9 Å². The Morgan fingerprint density at radius 1 is 1.23 bits per heavy atom. The number of hydrogen-bond acceptors (Lipinski definition) is 1. The predicted octanol–water partition coefficient (Wildman–Crippen LogP) is 3.20. The van der Waals surface area contributed by atoms with Gasteiger partial charge in [0, 0.05) is 6.04 Å². The maximum Gasteiger partial charge on any atom is 0.00952 e. The summed E-state index contributed by atoms with van der Waals surface area (Å²) in [4.78, 5) is 0. The van der Waals surface area contributed by atoms with Crippen molar-refractivity contribution in [2.24, 2.45) is 11.8 Å². The molecule has 0 heterocycles. The summed E-state index contributed by atoms with van der Waals surface area (Å²) in [5.41, 5.74) is 0. The molecule has 1 nitrogen and oxygen atoms in total. The van der Waals surface area contributed by atoms with Crippen molar-refractivity contribution in [1.82, 2.24) is 5.32 Å². The third-order valence-corrected chi connectivity index (χ3v) is 3.64. The van der Waals surface area contributed by atoms with Gasteiger partial charge in [-0.2, -0.15) is 0 Å². The number of nitrogens with one attached hydrogen (secondary N) is 1. The van der Waals surface area contributed by atoms with Gasteiger partial charge in [-0.15, -0.1) is 0 Å². The lowest BCUT2D eigenvalue weighted by atomic mass is 9.78. The van der Waals surface area contributed by atoms with Crippen LogP contribution in [0.15, 0.2) is 0 Å². The van der Waals surface area contributed by atoms with Crippen LogP contribution in [0.4, 0.5) is 0 Å². The van der Waals surface area contributed by atoms with Gasteiger partial charge in [-0.1, -0.05) is 40.0 Å². The molecule has 13 heavy (non-hydrogen) atoms. The van der Waals surface area contributed by atoms with E-state index in [-0.39, 0.29) is 0 Å². The van der Waals surface area contributed by atoms with Crippen molar-refractivity contribution >= 4 is 0 Å². The van der Waals surface area contributed by atoms with E-state index in [1.807, 2.05) is 0 Å². The van der Waals surface area contributed by atoms with E-state index in [1.165, 1.54) is 38.6 Å². The van der Waals surface area contributed by atoms with E-state index in [1.54, 1.807) is 0 Å². The summed E-state index contributed by atoms with van der Waals surface area (Å²) in [5, 5.41) is 3.70. The Morgan fingerprint density at radius 2 is 2.00 bits per heavy atom. The van der Waals surface area contributed by atoms with Gasteiger partial charge in [0.1, 0.15) is 0 Å². The van der Waals surface area contributed by atoms with Gasteiger partial charge in [0.25, 0.3) is 0 Å². The molecule has 78 valence electrons. The average Bonchev–Trinajstić information content (AvgIpc) is 2.13. The third kappa shape index (κ3) is 3.30. The molecule has 3 atom stereocenters. The Kier molecular flexibility index (Phi) is 4.79. The Morgan fingerprint density at radius 3 is 2.69 bits per heavy atom. The minimum atomic E-state index is 0.801. The van der Waals surface area contributed by atoms with E-state index in [9.17, 15) is 0 Å². The van der Waals surface area contributed by atoms with Gasteiger partial charge in [0.2, 0.25) is 0 Å². The van der Waals surface area contributed by atoms with Gasteiger partial charge >= 0.3 is 0 Å². The summed E-state index contributed by atoms with van der Waals surface area (Å²) in [6, 6.07) is 0.801. The maximum absolute atomic E-state index is 3.70. The molecule has 3 unspecified atom stereocenters. The van der Waals surface area contributed by atoms with Gasteiger partial charge < -0.3 is 5.32 Å². The predicted molar refractivity (Wildman–Crippen MR) is 58.9 cm³/mol. The zero-order chi connectivity index (χ0) is 9.68. The molecular weight excluding hydrogens is 158 g/mol. The van der Waals surface area contributed by atoms with Gasteiger partial charge in [-0.3, -0.25) is 0 Å². The lowest BCUT2D eigenvalue weighted by molar-refractivity contribution is 0.207. The minimum absolute atomic E-state index is 0.801. The first-order valence-corrected chi connectivity index (χ1v) is 5.99. The molecule has 1 N–H and O–H groups in total. The molecule has 0 aromatic rings. The topological polar surface area (TPSA) is 12.0 Å². The van der Waals surface area contributed by atoms with Gasteiger partial charge in [-0.25, -0.2) is 0 Å². The summed E-state index contributed by atoms with van der Waals surface area (Å²) in [6.07, 6.45) is 6.90. The first-order chi connectivity index (χ1) is 6.25. The van der Waals surface area contributed by atoms with Crippen molar-refractivity contribution in [3.63, 3.8) is 0 Å². The van der Waals surface area contributed by atoms with Crippen LogP contribution in [0.2, 0.25) is 0 Å². The molecule has 0 amide bonds. The van der Waals surface area contributed by atoms with E-state index in [0.717, 1.165) is 17.9 Å². The lowest BCUT2D eigenvalue weighted by Gasteiger charge is -2.34. The fourth-order valence-electron chi connectivity index (χ4n) is 2.33. The first-order valence-electron chi connectivity index (χ1n) is 5.99. The van der Waals surface area contributed by atoms with Crippen LogP contribution < -0.4 is 5.32 Å². The van der Waals surface area contributed by atoms with Crippen LogP contribution in [0.5, 0.6) is 0 Å². The van der Waals surface area contributed by atoms with E-state index >= 15 is 0 Å². The van der Waals surface area contributed by atoms with Gasteiger partial charge in [-0.05, 0) is 31.2 Å². The summed E-state index contributed by atoms with van der Waals surface area (Å²) in [5.74, 6) is 1.80. The molecular formula is C12H25N. The highest BCUT2D eigenvalue weighted by molar-refractivity contribution is 4.81. The lowest BCUT2D eigenvalue weighted by Crippen LogP contribution is -2.40. The summed E-state index contributed by atoms with van der Waals surface area (Å²) < 4.78 is 0. The average molecular weight is 183 g/mol. The molecule has 0 bridgehead atoms. The molecule has 1 rings (SSSR count). The molecule has 0 aliphatic heterocycles. The Labute approximate surface area is 83.3 Å². The first kappa shape index (κ1) is 11.0. The molecule has 1 aliphatic carbocycles. The fraction of sp³-hybridized carbons (Fsp3) is 1.00. The minimum Gasteiger partial charge on any atom is -0.314 e. The van der Waals surface area contributed by atoms with E-state index < -0.39 is 0 Å². The van der Waals surface area contributed by atoms with Gasteiger partial charge in [0.05, 0.1) is 0 Å². The number of unbranched alkanes of at least 4 members (excludes halogenated alkanes) is 1. The number of hydrogen-bond donors (Lipinski definition) is 1. The standard InChI is InChI=1S/C12H25N/c1-4-5-9-13-12-8-6-7-10(2)11(12)3/h10-13H,4-9H2,1-3H3. The normalized spacial score (nSPS) is 34.8. The SMILES string of the molecule is CCCCNC1CCCC(C)C1C. The van der Waals surface area contributed by atoms with Crippen LogP contribution in [0.3, 0.4) is 0 Å². The fourth-order valence-corrected chi connectivity index (χ4v) is 2.33. The summed E-state index contributed by atoms with van der Waals surface area (Å²) in [6.45, 7) is 8.29. The van der Waals surface area contributed by atoms with Crippen LogP contribution >= 0.6 is 0 Å². The Hall–Kier alpha value is -0.0400. The molecule has 0 aromatic carbocycles. The molecule has 1 heteroatoms. The second-order valence-corrected chi connectivity index (χ2v) is 4.68. The van der Waals surface area contributed by atoms with Crippen LogP contribution in [-0.2, 0) is 0 Å². The van der Waals surface area contributed by atoms with Crippen LogP contribution in [0, 0.1) is 11.8 Å². The van der Waals surface area contributed by atoms with Crippen LogP contribution in [0.25, 0.3) is 0 Å². The summed E-state index contributed by atoms with van der Waals surface area (Å²) in [7, 11) is 0. The van der Waals surface area contributed by atoms with Crippen molar-refractivity contribution in [3.05, 3.63) is 0 Å². The Balaban J connectivity index is 2.23. The van der Waals surface area contributed by atoms with Crippen molar-refractivity contribution in [3.8, 4) is 0 Å². The molecule has 0 spiro atoms. The molecule has 1 fully saturated rings. The Bertz CT molecular complexity index is 133. The highest BCUT2D eigenvalue weighted by Gasteiger charge is 2.25. The second-order valence-electron chi connectivity index (χ2n) is 4.68. The van der Waals surface area contributed by atoms with E-state index in [4.69, 9.17) is 0 Å².